The van der Waals surface area contributed by atoms with Crippen molar-refractivity contribution in [2.75, 3.05) is 0 Å². The summed E-state index contributed by atoms with van der Waals surface area (Å²) >= 11 is 0. The lowest BCUT2D eigenvalue weighted by Crippen LogP contribution is -1.97. The van der Waals surface area contributed by atoms with Gasteiger partial charge in [-0.3, -0.25) is 0 Å². The minimum absolute atomic E-state index is 0.371. The van der Waals surface area contributed by atoms with Crippen LogP contribution in [0.25, 0.3) is 5.69 Å². The minimum atomic E-state index is 0.371. The average molecular weight is 201 g/mol. The molecule has 1 aromatic carbocycles. The van der Waals surface area contributed by atoms with E-state index in [0.717, 1.165) is 11.5 Å². The zero-order chi connectivity index (χ0) is 10.8. The molecule has 0 amide bonds. The Morgan fingerprint density at radius 2 is 2.07 bits per heavy atom. The summed E-state index contributed by atoms with van der Waals surface area (Å²) in [6, 6.07) is 8.23. The van der Waals surface area contributed by atoms with E-state index in [1.807, 2.05) is 16.8 Å². The molecule has 0 radical (unpaired) electrons. The highest BCUT2D eigenvalue weighted by atomic mass is 15.3. The van der Waals surface area contributed by atoms with E-state index in [1.54, 1.807) is 6.33 Å². The van der Waals surface area contributed by atoms with Crippen LogP contribution in [0, 0.1) is 6.92 Å². The maximum atomic E-state index is 4.43. The smallest absolute Gasteiger partial charge is 0.153 e. The topological polar surface area (TPSA) is 30.7 Å². The lowest BCUT2D eigenvalue weighted by molar-refractivity contribution is 0.753. The molecule has 3 heteroatoms. The highest BCUT2D eigenvalue weighted by Gasteiger charge is 2.05. The standard InChI is InChI=1S/C12H15N3/c1-9(2)12-13-8-15(14-12)11-6-4-5-10(3)7-11/h4-9H,1-3H3. The van der Waals surface area contributed by atoms with Gasteiger partial charge in [-0.1, -0.05) is 26.0 Å². The number of benzene rings is 1. The van der Waals surface area contributed by atoms with Crippen LogP contribution in [-0.4, -0.2) is 14.8 Å². The highest BCUT2D eigenvalue weighted by Crippen LogP contribution is 2.12. The van der Waals surface area contributed by atoms with Crippen molar-refractivity contribution in [1.29, 1.82) is 0 Å². The van der Waals surface area contributed by atoms with Crippen molar-refractivity contribution in [3.63, 3.8) is 0 Å². The molecule has 0 unspecified atom stereocenters. The molecule has 2 rings (SSSR count). The van der Waals surface area contributed by atoms with Gasteiger partial charge in [0, 0.05) is 5.92 Å². The van der Waals surface area contributed by atoms with Crippen LogP contribution < -0.4 is 0 Å². The second-order valence-corrected chi connectivity index (χ2v) is 4.04. The van der Waals surface area contributed by atoms with E-state index in [9.17, 15) is 0 Å². The summed E-state index contributed by atoms with van der Waals surface area (Å²) < 4.78 is 1.82. The third kappa shape index (κ3) is 2.06. The zero-order valence-corrected chi connectivity index (χ0v) is 9.31. The molecule has 1 heterocycles. The first-order valence-corrected chi connectivity index (χ1v) is 5.15. The Balaban J connectivity index is 2.37. The summed E-state index contributed by atoms with van der Waals surface area (Å²) in [5.74, 6) is 1.26. The number of nitrogens with zero attached hydrogens (tertiary/aromatic N) is 3. The predicted octanol–water partition coefficient (Wildman–Crippen LogP) is 2.70. The van der Waals surface area contributed by atoms with Gasteiger partial charge in [0.25, 0.3) is 0 Å². The molecule has 1 aromatic heterocycles. The van der Waals surface area contributed by atoms with E-state index in [-0.39, 0.29) is 0 Å². The monoisotopic (exact) mass is 201 g/mol. The van der Waals surface area contributed by atoms with E-state index in [2.05, 4.69) is 43.0 Å². The van der Waals surface area contributed by atoms with Crippen LogP contribution >= 0.6 is 0 Å². The van der Waals surface area contributed by atoms with Crippen molar-refractivity contribution < 1.29 is 0 Å². The Labute approximate surface area is 89.8 Å². The van der Waals surface area contributed by atoms with Gasteiger partial charge in [-0.25, -0.2) is 9.67 Å². The molecule has 15 heavy (non-hydrogen) atoms. The molecule has 0 fully saturated rings. The fourth-order valence-corrected chi connectivity index (χ4v) is 1.44. The van der Waals surface area contributed by atoms with Gasteiger partial charge >= 0.3 is 0 Å². The molecule has 0 aliphatic heterocycles. The molecular formula is C12H15N3. The van der Waals surface area contributed by atoms with Crippen LogP contribution in [0.15, 0.2) is 30.6 Å². The number of hydrogen-bond acceptors (Lipinski definition) is 2. The second kappa shape index (κ2) is 3.85. The molecule has 3 nitrogen and oxygen atoms in total. The summed E-state index contributed by atoms with van der Waals surface area (Å²) in [4.78, 5) is 4.27. The zero-order valence-electron chi connectivity index (χ0n) is 9.31. The average Bonchev–Trinajstić information content (AvgIpc) is 2.66. The molecule has 0 aliphatic carbocycles. The van der Waals surface area contributed by atoms with E-state index in [1.165, 1.54) is 5.56 Å². The molecule has 0 N–H and O–H groups in total. The highest BCUT2D eigenvalue weighted by molar-refractivity contribution is 5.34. The third-order valence-corrected chi connectivity index (χ3v) is 2.29. The molecule has 0 saturated heterocycles. The lowest BCUT2D eigenvalue weighted by Gasteiger charge is -2.01. The number of aryl methyl sites for hydroxylation is 1. The number of hydrogen-bond donors (Lipinski definition) is 0. The maximum absolute atomic E-state index is 4.43. The summed E-state index contributed by atoms with van der Waals surface area (Å²) in [7, 11) is 0. The van der Waals surface area contributed by atoms with Crippen LogP contribution in [0.2, 0.25) is 0 Å². The first-order chi connectivity index (χ1) is 7.16. The van der Waals surface area contributed by atoms with Gasteiger partial charge in [-0.05, 0) is 24.6 Å². The largest absolute Gasteiger partial charge is 0.221 e. The van der Waals surface area contributed by atoms with Crippen molar-refractivity contribution in [2.45, 2.75) is 26.7 Å². The summed E-state index contributed by atoms with van der Waals surface area (Å²) in [6.45, 7) is 6.26. The SMILES string of the molecule is Cc1cccc(-n2cnc(C(C)C)n2)c1. The van der Waals surface area contributed by atoms with Gasteiger partial charge in [0.2, 0.25) is 0 Å². The fourth-order valence-electron chi connectivity index (χ4n) is 1.44. The normalized spacial score (nSPS) is 10.9. The molecule has 78 valence electrons. The Bertz CT molecular complexity index is 457. The van der Waals surface area contributed by atoms with Crippen LogP contribution in [0.4, 0.5) is 0 Å². The first-order valence-electron chi connectivity index (χ1n) is 5.15. The van der Waals surface area contributed by atoms with Crippen molar-refractivity contribution >= 4 is 0 Å². The maximum Gasteiger partial charge on any atom is 0.153 e. The van der Waals surface area contributed by atoms with Crippen molar-refractivity contribution in [1.82, 2.24) is 14.8 Å². The van der Waals surface area contributed by atoms with Gasteiger partial charge in [-0.2, -0.15) is 5.10 Å². The van der Waals surface area contributed by atoms with Crippen LogP contribution in [0.3, 0.4) is 0 Å². The fraction of sp³-hybridized carbons (Fsp3) is 0.333. The van der Waals surface area contributed by atoms with Crippen LogP contribution in [0.1, 0.15) is 31.2 Å². The minimum Gasteiger partial charge on any atom is -0.221 e. The molecule has 0 bridgehead atoms. The summed E-state index contributed by atoms with van der Waals surface area (Å²) in [5, 5.41) is 4.43. The van der Waals surface area contributed by atoms with Gasteiger partial charge in [0.15, 0.2) is 5.82 Å². The Morgan fingerprint density at radius 3 is 2.67 bits per heavy atom. The molecule has 0 atom stereocenters. The van der Waals surface area contributed by atoms with Gasteiger partial charge in [0.1, 0.15) is 6.33 Å². The third-order valence-electron chi connectivity index (χ3n) is 2.29. The number of rotatable bonds is 2. The summed E-state index contributed by atoms with van der Waals surface area (Å²) in [5.41, 5.74) is 2.29. The van der Waals surface area contributed by atoms with Crippen LogP contribution in [-0.2, 0) is 0 Å². The van der Waals surface area contributed by atoms with E-state index in [4.69, 9.17) is 0 Å². The number of aromatic nitrogens is 3. The van der Waals surface area contributed by atoms with E-state index >= 15 is 0 Å². The van der Waals surface area contributed by atoms with E-state index in [0.29, 0.717) is 5.92 Å². The molecule has 2 aromatic rings. The van der Waals surface area contributed by atoms with Crippen molar-refractivity contribution in [2.24, 2.45) is 0 Å². The Morgan fingerprint density at radius 1 is 1.27 bits per heavy atom. The molecule has 0 aliphatic rings. The molecular weight excluding hydrogens is 186 g/mol. The molecule has 0 spiro atoms. The van der Waals surface area contributed by atoms with Gasteiger partial charge < -0.3 is 0 Å². The van der Waals surface area contributed by atoms with Crippen molar-refractivity contribution in [3.8, 4) is 5.69 Å². The van der Waals surface area contributed by atoms with Gasteiger partial charge in [0.05, 0.1) is 5.69 Å². The van der Waals surface area contributed by atoms with Crippen LogP contribution in [0.5, 0.6) is 0 Å². The van der Waals surface area contributed by atoms with Crippen molar-refractivity contribution in [3.05, 3.63) is 42.0 Å². The molecule has 0 saturated carbocycles. The lowest BCUT2D eigenvalue weighted by atomic mass is 10.2. The predicted molar refractivity (Wildman–Crippen MR) is 60.2 cm³/mol. The quantitative estimate of drug-likeness (QED) is 0.748. The first kappa shape index (κ1) is 9.90. The Hall–Kier alpha value is -1.64. The second-order valence-electron chi connectivity index (χ2n) is 4.04. The van der Waals surface area contributed by atoms with E-state index < -0.39 is 0 Å². The van der Waals surface area contributed by atoms with Gasteiger partial charge in [-0.15, -0.1) is 0 Å². The Kier molecular flexibility index (Phi) is 2.54. The summed E-state index contributed by atoms with van der Waals surface area (Å²) in [6.07, 6.45) is 1.77.